The van der Waals surface area contributed by atoms with Crippen molar-refractivity contribution < 1.29 is 14.7 Å². The second kappa shape index (κ2) is 7.26. The number of halogens is 1. The van der Waals surface area contributed by atoms with Crippen LogP contribution in [0, 0.1) is 0 Å². The molecule has 1 saturated heterocycles. The Morgan fingerprint density at radius 3 is 2.56 bits per heavy atom. The van der Waals surface area contributed by atoms with Crippen LogP contribution < -0.4 is 5.43 Å². The number of amides is 2. The first-order valence-electron chi connectivity index (χ1n) is 7.08. The first-order valence-corrected chi connectivity index (χ1v) is 8.68. The zero-order valence-corrected chi connectivity index (χ0v) is 15.0. The van der Waals surface area contributed by atoms with E-state index in [4.69, 9.17) is 23.8 Å². The number of aromatic hydroxyl groups is 1. The lowest BCUT2D eigenvalue weighted by molar-refractivity contribution is -0.123. The molecule has 0 unspecified atom stereocenters. The van der Waals surface area contributed by atoms with Crippen molar-refractivity contribution >= 4 is 57.8 Å². The third-order valence-corrected chi connectivity index (χ3v) is 4.97. The summed E-state index contributed by atoms with van der Waals surface area (Å²) >= 11 is 12.4. The molecule has 0 aliphatic carbocycles. The molecule has 0 saturated carbocycles. The van der Waals surface area contributed by atoms with Crippen molar-refractivity contribution in [2.75, 3.05) is 0 Å². The standard InChI is InChI=1S/C17H11ClN2O3S2/c18-13-4-2-1-3-11(13)9-14-16(23)20(17(24)25-14)19-15(22)10-5-7-12(21)8-6-10/h1-9,21H,(H,19,22). The maximum atomic E-state index is 12.5. The second-order valence-electron chi connectivity index (χ2n) is 5.03. The SMILES string of the molecule is O=C(NN1C(=O)C(=Cc2ccccc2Cl)SC1=S)c1ccc(O)cc1. The van der Waals surface area contributed by atoms with E-state index in [0.717, 1.165) is 16.8 Å². The number of thioether (sulfide) groups is 1. The minimum atomic E-state index is -0.504. The summed E-state index contributed by atoms with van der Waals surface area (Å²) in [6.07, 6.45) is 1.63. The molecule has 126 valence electrons. The van der Waals surface area contributed by atoms with Gasteiger partial charge in [-0.2, -0.15) is 5.01 Å². The highest BCUT2D eigenvalue weighted by Gasteiger charge is 2.33. The summed E-state index contributed by atoms with van der Waals surface area (Å²) in [4.78, 5) is 25.1. The molecule has 1 aliphatic rings. The van der Waals surface area contributed by atoms with Crippen LogP contribution in [-0.2, 0) is 4.79 Å². The average Bonchev–Trinajstić information content (AvgIpc) is 2.85. The van der Waals surface area contributed by atoms with Gasteiger partial charge in [0.05, 0.1) is 4.91 Å². The Labute approximate surface area is 158 Å². The lowest BCUT2D eigenvalue weighted by Gasteiger charge is -2.15. The van der Waals surface area contributed by atoms with Gasteiger partial charge in [0.2, 0.25) is 0 Å². The van der Waals surface area contributed by atoms with Crippen LogP contribution in [-0.4, -0.2) is 26.3 Å². The molecule has 1 aliphatic heterocycles. The number of nitrogens with zero attached hydrogens (tertiary/aromatic N) is 1. The molecule has 0 radical (unpaired) electrons. The molecule has 2 amide bonds. The number of carbonyl (C=O) groups is 2. The van der Waals surface area contributed by atoms with Crippen LogP contribution >= 0.6 is 35.6 Å². The highest BCUT2D eigenvalue weighted by molar-refractivity contribution is 8.26. The van der Waals surface area contributed by atoms with Crippen LogP contribution in [0.15, 0.2) is 53.4 Å². The quantitative estimate of drug-likeness (QED) is 0.619. The van der Waals surface area contributed by atoms with Crippen molar-refractivity contribution in [3.05, 3.63) is 69.6 Å². The molecule has 0 aromatic heterocycles. The second-order valence-corrected chi connectivity index (χ2v) is 7.11. The number of rotatable bonds is 3. The van der Waals surface area contributed by atoms with Gasteiger partial charge in [0.15, 0.2) is 4.32 Å². The van der Waals surface area contributed by atoms with Gasteiger partial charge in [-0.1, -0.05) is 41.6 Å². The molecule has 0 bridgehead atoms. The monoisotopic (exact) mass is 390 g/mol. The van der Waals surface area contributed by atoms with E-state index in [1.54, 1.807) is 24.3 Å². The van der Waals surface area contributed by atoms with Gasteiger partial charge in [0, 0.05) is 10.6 Å². The highest BCUT2D eigenvalue weighted by Crippen LogP contribution is 2.32. The van der Waals surface area contributed by atoms with Crippen molar-refractivity contribution in [3.63, 3.8) is 0 Å². The van der Waals surface area contributed by atoms with Crippen LogP contribution in [0.3, 0.4) is 0 Å². The van der Waals surface area contributed by atoms with Crippen molar-refractivity contribution in [1.29, 1.82) is 0 Å². The summed E-state index contributed by atoms with van der Waals surface area (Å²) in [5.41, 5.74) is 3.45. The Morgan fingerprint density at radius 1 is 1.20 bits per heavy atom. The average molecular weight is 391 g/mol. The number of thiocarbonyl (C=S) groups is 1. The van der Waals surface area contributed by atoms with Gasteiger partial charge in [-0.15, -0.1) is 0 Å². The molecule has 2 aromatic rings. The van der Waals surface area contributed by atoms with E-state index in [-0.39, 0.29) is 10.1 Å². The zero-order chi connectivity index (χ0) is 18.0. The summed E-state index contributed by atoms with van der Waals surface area (Å²) in [6, 6.07) is 12.8. The summed E-state index contributed by atoms with van der Waals surface area (Å²) in [6.45, 7) is 0. The van der Waals surface area contributed by atoms with Crippen molar-refractivity contribution in [3.8, 4) is 5.75 Å². The number of nitrogens with one attached hydrogen (secondary N) is 1. The largest absolute Gasteiger partial charge is 0.508 e. The topological polar surface area (TPSA) is 69.6 Å². The lowest BCUT2D eigenvalue weighted by Crippen LogP contribution is -2.44. The third-order valence-electron chi connectivity index (χ3n) is 3.33. The van der Waals surface area contributed by atoms with Gasteiger partial charge >= 0.3 is 0 Å². The number of phenolic OH excluding ortho intramolecular Hbond substituents is 1. The normalized spacial score (nSPS) is 15.7. The van der Waals surface area contributed by atoms with E-state index in [9.17, 15) is 14.7 Å². The van der Waals surface area contributed by atoms with Crippen LogP contribution in [0.25, 0.3) is 6.08 Å². The molecule has 8 heteroatoms. The Kier molecular flexibility index (Phi) is 5.08. The lowest BCUT2D eigenvalue weighted by atomic mass is 10.2. The van der Waals surface area contributed by atoms with Crippen LogP contribution in [0.2, 0.25) is 5.02 Å². The van der Waals surface area contributed by atoms with Gasteiger partial charge in [-0.3, -0.25) is 15.0 Å². The van der Waals surface area contributed by atoms with E-state index in [0.29, 0.717) is 21.1 Å². The maximum Gasteiger partial charge on any atom is 0.285 e. The molecule has 2 aromatic carbocycles. The summed E-state index contributed by atoms with van der Waals surface area (Å²) < 4.78 is 0.218. The molecule has 0 spiro atoms. The number of hydrogen-bond donors (Lipinski definition) is 2. The molecule has 3 rings (SSSR count). The van der Waals surface area contributed by atoms with Gasteiger partial charge in [-0.25, -0.2) is 0 Å². The number of benzene rings is 2. The highest BCUT2D eigenvalue weighted by atomic mass is 35.5. The van der Waals surface area contributed by atoms with Crippen molar-refractivity contribution in [1.82, 2.24) is 10.4 Å². The maximum absolute atomic E-state index is 12.5. The smallest absolute Gasteiger partial charge is 0.285 e. The summed E-state index contributed by atoms with van der Waals surface area (Å²) in [7, 11) is 0. The predicted molar refractivity (Wildman–Crippen MR) is 102 cm³/mol. The number of hydrazine groups is 1. The van der Waals surface area contributed by atoms with E-state index in [1.165, 1.54) is 24.3 Å². The van der Waals surface area contributed by atoms with E-state index < -0.39 is 11.8 Å². The van der Waals surface area contributed by atoms with Gasteiger partial charge in [0.25, 0.3) is 11.8 Å². The Hall–Kier alpha value is -2.35. The van der Waals surface area contributed by atoms with Crippen LogP contribution in [0.5, 0.6) is 5.75 Å². The molecule has 0 atom stereocenters. The van der Waals surface area contributed by atoms with Gasteiger partial charge < -0.3 is 5.11 Å². The zero-order valence-electron chi connectivity index (χ0n) is 12.6. The molecule has 5 nitrogen and oxygen atoms in total. The number of hydrogen-bond acceptors (Lipinski definition) is 5. The molecule has 25 heavy (non-hydrogen) atoms. The Bertz CT molecular complexity index is 897. The summed E-state index contributed by atoms with van der Waals surface area (Å²) in [5.74, 6) is -0.887. The fraction of sp³-hybridized carbons (Fsp3) is 0. The predicted octanol–water partition coefficient (Wildman–Crippen LogP) is 3.59. The minimum absolute atomic E-state index is 0.0461. The summed E-state index contributed by atoms with van der Waals surface area (Å²) in [5, 5.41) is 10.8. The van der Waals surface area contributed by atoms with E-state index in [2.05, 4.69) is 5.43 Å². The first-order chi connectivity index (χ1) is 12.0. The van der Waals surface area contributed by atoms with Crippen LogP contribution in [0.4, 0.5) is 0 Å². The number of phenols is 1. The fourth-order valence-electron chi connectivity index (χ4n) is 2.08. The Morgan fingerprint density at radius 2 is 1.88 bits per heavy atom. The number of carbonyl (C=O) groups excluding carboxylic acids is 2. The van der Waals surface area contributed by atoms with Crippen LogP contribution in [0.1, 0.15) is 15.9 Å². The Balaban J connectivity index is 1.79. The fourth-order valence-corrected chi connectivity index (χ4v) is 3.44. The molecule has 2 N–H and O–H groups in total. The molecular formula is C17H11ClN2O3S2. The van der Waals surface area contributed by atoms with Crippen molar-refractivity contribution in [2.24, 2.45) is 0 Å². The van der Waals surface area contributed by atoms with Gasteiger partial charge in [0.1, 0.15) is 5.75 Å². The van der Waals surface area contributed by atoms with E-state index in [1.807, 2.05) is 6.07 Å². The minimum Gasteiger partial charge on any atom is -0.508 e. The van der Waals surface area contributed by atoms with Crippen molar-refractivity contribution in [2.45, 2.75) is 0 Å². The third kappa shape index (κ3) is 3.84. The van der Waals surface area contributed by atoms with E-state index >= 15 is 0 Å². The molecular weight excluding hydrogens is 380 g/mol. The first kappa shape index (κ1) is 17.5. The van der Waals surface area contributed by atoms with Gasteiger partial charge in [-0.05, 0) is 54.2 Å². The molecule has 1 heterocycles. The molecule has 1 fully saturated rings.